The molecule has 0 bridgehead atoms. The molecule has 0 spiro atoms. The molecule has 3 nitrogen and oxygen atoms in total. The van der Waals surface area contributed by atoms with Crippen LogP contribution in [-0.2, 0) is 0 Å². The molecule has 0 atom stereocenters. The third-order valence-electron chi connectivity index (χ3n) is 1.26. The van der Waals surface area contributed by atoms with Gasteiger partial charge in [0.25, 0.3) is 0 Å². The minimum absolute atomic E-state index is 0.853. The fraction of sp³-hybridized carbons (Fsp3) is 0.667. The zero-order valence-electron chi connectivity index (χ0n) is 6.54. The molecule has 0 saturated heterocycles. The average molecular weight is 236 g/mol. The standard InChI is InChI=1S/C6H10BrN3S/c1-5-8-6(11-9-5)10(2)4-3-7/h3-4H2,1-2H3. The van der Waals surface area contributed by atoms with Crippen LogP contribution in [0.25, 0.3) is 0 Å². The predicted octanol–water partition coefficient (Wildman–Crippen LogP) is 1.68. The van der Waals surface area contributed by atoms with Crippen LogP contribution in [0.15, 0.2) is 0 Å². The average Bonchev–Trinajstić information content (AvgIpc) is 2.36. The van der Waals surface area contributed by atoms with E-state index >= 15 is 0 Å². The van der Waals surface area contributed by atoms with E-state index in [-0.39, 0.29) is 0 Å². The van der Waals surface area contributed by atoms with Gasteiger partial charge in [0.15, 0.2) is 0 Å². The van der Waals surface area contributed by atoms with Crippen LogP contribution in [0.5, 0.6) is 0 Å². The maximum atomic E-state index is 4.24. The Bertz CT molecular complexity index is 225. The van der Waals surface area contributed by atoms with Crippen molar-refractivity contribution in [2.75, 3.05) is 23.8 Å². The van der Waals surface area contributed by atoms with E-state index in [4.69, 9.17) is 0 Å². The van der Waals surface area contributed by atoms with Crippen molar-refractivity contribution >= 4 is 32.6 Å². The van der Waals surface area contributed by atoms with Gasteiger partial charge in [-0.05, 0) is 6.92 Å². The number of halogens is 1. The van der Waals surface area contributed by atoms with Gasteiger partial charge in [0, 0.05) is 30.5 Å². The molecule has 1 heterocycles. The summed E-state index contributed by atoms with van der Waals surface area (Å²) in [5.41, 5.74) is 0. The van der Waals surface area contributed by atoms with Crippen LogP contribution in [0.1, 0.15) is 5.82 Å². The maximum absolute atomic E-state index is 4.24. The van der Waals surface area contributed by atoms with Gasteiger partial charge in [-0.15, -0.1) is 0 Å². The normalized spacial score (nSPS) is 10.1. The third kappa shape index (κ3) is 2.41. The van der Waals surface area contributed by atoms with Crippen LogP contribution in [-0.4, -0.2) is 28.3 Å². The van der Waals surface area contributed by atoms with Gasteiger partial charge in [-0.1, -0.05) is 15.9 Å². The minimum atomic E-state index is 0.853. The lowest BCUT2D eigenvalue weighted by molar-refractivity contribution is 0.962. The SMILES string of the molecule is Cc1nsc(N(C)CCBr)n1. The summed E-state index contributed by atoms with van der Waals surface area (Å²) in [6, 6.07) is 0. The summed E-state index contributed by atoms with van der Waals surface area (Å²) in [4.78, 5) is 6.32. The van der Waals surface area contributed by atoms with E-state index < -0.39 is 0 Å². The molecular formula is C6H10BrN3S. The van der Waals surface area contributed by atoms with Gasteiger partial charge >= 0.3 is 0 Å². The van der Waals surface area contributed by atoms with Gasteiger partial charge in [-0.3, -0.25) is 0 Å². The Labute approximate surface area is 78.7 Å². The second kappa shape index (κ2) is 4.01. The maximum Gasteiger partial charge on any atom is 0.204 e. The molecule has 5 heteroatoms. The number of hydrogen-bond donors (Lipinski definition) is 0. The number of aryl methyl sites for hydroxylation is 1. The number of alkyl halides is 1. The zero-order chi connectivity index (χ0) is 8.27. The number of hydrogen-bond acceptors (Lipinski definition) is 4. The second-order valence-corrected chi connectivity index (χ2v) is 3.76. The van der Waals surface area contributed by atoms with E-state index in [1.807, 2.05) is 14.0 Å². The summed E-state index contributed by atoms with van der Waals surface area (Å²) in [7, 11) is 2.02. The highest BCUT2D eigenvalue weighted by molar-refractivity contribution is 9.09. The summed E-state index contributed by atoms with van der Waals surface area (Å²) in [5.74, 6) is 0.853. The van der Waals surface area contributed by atoms with Crippen molar-refractivity contribution in [3.8, 4) is 0 Å². The summed E-state index contributed by atoms with van der Waals surface area (Å²) >= 11 is 4.81. The lowest BCUT2D eigenvalue weighted by Gasteiger charge is -2.11. The van der Waals surface area contributed by atoms with E-state index in [0.29, 0.717) is 0 Å². The van der Waals surface area contributed by atoms with Gasteiger partial charge in [-0.25, -0.2) is 4.98 Å². The van der Waals surface area contributed by atoms with Gasteiger partial charge in [-0.2, -0.15) is 4.37 Å². The number of nitrogens with zero attached hydrogens (tertiary/aromatic N) is 3. The Morgan fingerprint density at radius 3 is 2.82 bits per heavy atom. The number of aromatic nitrogens is 2. The molecule has 0 radical (unpaired) electrons. The van der Waals surface area contributed by atoms with E-state index in [2.05, 4.69) is 30.2 Å². The lowest BCUT2D eigenvalue weighted by atomic mass is 10.6. The molecule has 0 aliphatic carbocycles. The molecule has 1 aromatic heterocycles. The Morgan fingerprint density at radius 1 is 1.64 bits per heavy atom. The monoisotopic (exact) mass is 235 g/mol. The molecule has 0 N–H and O–H groups in total. The fourth-order valence-corrected chi connectivity index (χ4v) is 1.85. The first-order chi connectivity index (χ1) is 5.24. The van der Waals surface area contributed by atoms with Crippen molar-refractivity contribution in [3.05, 3.63) is 5.82 Å². The molecule has 0 amide bonds. The van der Waals surface area contributed by atoms with E-state index in [1.54, 1.807) is 0 Å². The Kier molecular flexibility index (Phi) is 3.26. The highest BCUT2D eigenvalue weighted by Gasteiger charge is 2.04. The van der Waals surface area contributed by atoms with Crippen LogP contribution in [0, 0.1) is 6.92 Å². The molecule has 1 aromatic rings. The first-order valence-corrected chi connectivity index (χ1v) is 5.21. The molecular weight excluding hydrogens is 226 g/mol. The van der Waals surface area contributed by atoms with Crippen LogP contribution < -0.4 is 4.90 Å². The van der Waals surface area contributed by atoms with Gasteiger partial charge in [0.05, 0.1) is 0 Å². The summed E-state index contributed by atoms with van der Waals surface area (Å²) < 4.78 is 4.09. The summed E-state index contributed by atoms with van der Waals surface area (Å²) in [6.07, 6.45) is 0. The van der Waals surface area contributed by atoms with Crippen molar-refractivity contribution in [1.82, 2.24) is 9.36 Å². The molecule has 0 aromatic carbocycles. The quantitative estimate of drug-likeness (QED) is 0.747. The van der Waals surface area contributed by atoms with Gasteiger partial charge in [0.1, 0.15) is 5.82 Å². The lowest BCUT2D eigenvalue weighted by Crippen LogP contribution is -2.18. The van der Waals surface area contributed by atoms with E-state index in [9.17, 15) is 0 Å². The first kappa shape index (κ1) is 8.93. The van der Waals surface area contributed by atoms with Crippen LogP contribution >= 0.6 is 27.5 Å². The summed E-state index contributed by atoms with van der Waals surface area (Å²) in [5, 5.41) is 1.95. The topological polar surface area (TPSA) is 29.0 Å². The van der Waals surface area contributed by atoms with Crippen LogP contribution in [0.4, 0.5) is 5.13 Å². The predicted molar refractivity (Wildman–Crippen MR) is 51.7 cm³/mol. The molecule has 0 aliphatic rings. The number of anilines is 1. The largest absolute Gasteiger partial charge is 0.349 e. The summed E-state index contributed by atoms with van der Waals surface area (Å²) in [6.45, 7) is 2.87. The van der Waals surface area contributed by atoms with Crippen molar-refractivity contribution in [2.45, 2.75) is 6.92 Å². The van der Waals surface area contributed by atoms with Crippen molar-refractivity contribution in [1.29, 1.82) is 0 Å². The van der Waals surface area contributed by atoms with Crippen LogP contribution in [0.3, 0.4) is 0 Å². The highest BCUT2D eigenvalue weighted by Crippen LogP contribution is 2.14. The Hall–Kier alpha value is -0.160. The zero-order valence-corrected chi connectivity index (χ0v) is 8.94. The molecule has 0 fully saturated rings. The fourth-order valence-electron chi connectivity index (χ4n) is 0.664. The highest BCUT2D eigenvalue weighted by atomic mass is 79.9. The van der Waals surface area contributed by atoms with E-state index in [0.717, 1.165) is 22.8 Å². The Morgan fingerprint density at radius 2 is 2.36 bits per heavy atom. The molecule has 0 aliphatic heterocycles. The van der Waals surface area contributed by atoms with E-state index in [1.165, 1.54) is 11.5 Å². The second-order valence-electron chi connectivity index (χ2n) is 2.23. The minimum Gasteiger partial charge on any atom is -0.349 e. The van der Waals surface area contributed by atoms with Gasteiger partial charge < -0.3 is 4.90 Å². The van der Waals surface area contributed by atoms with Gasteiger partial charge in [0.2, 0.25) is 5.13 Å². The van der Waals surface area contributed by atoms with Crippen molar-refractivity contribution in [3.63, 3.8) is 0 Å². The van der Waals surface area contributed by atoms with Crippen molar-refractivity contribution < 1.29 is 0 Å². The molecule has 62 valence electrons. The third-order valence-corrected chi connectivity index (χ3v) is 2.54. The number of rotatable bonds is 3. The Balaban J connectivity index is 2.60. The van der Waals surface area contributed by atoms with Crippen molar-refractivity contribution in [2.24, 2.45) is 0 Å². The van der Waals surface area contributed by atoms with Crippen LogP contribution in [0.2, 0.25) is 0 Å². The molecule has 0 saturated carbocycles. The molecule has 11 heavy (non-hydrogen) atoms. The molecule has 0 unspecified atom stereocenters. The first-order valence-electron chi connectivity index (χ1n) is 3.31. The smallest absolute Gasteiger partial charge is 0.204 e. The molecule has 1 rings (SSSR count).